The standard InChI is InChI=1S/C15H14F2N4O/c1-9-7-13(19-8-18-9)20-12-5-6-21(15(12)22)14-10(16)3-2-4-11(14)17/h2-4,7-8,12H,5-6H2,1H3,(H,18,19,20). The van der Waals surface area contributed by atoms with E-state index in [2.05, 4.69) is 15.3 Å². The number of nitrogens with zero attached hydrogens (tertiary/aromatic N) is 3. The molecule has 2 aromatic rings. The number of anilines is 2. The number of halogens is 2. The third-order valence-corrected chi connectivity index (χ3v) is 3.54. The number of para-hydroxylation sites is 1. The van der Waals surface area contributed by atoms with Crippen molar-refractivity contribution in [1.29, 1.82) is 0 Å². The third kappa shape index (κ3) is 2.61. The first-order valence-electron chi connectivity index (χ1n) is 6.87. The van der Waals surface area contributed by atoms with Gasteiger partial charge in [-0.3, -0.25) is 4.79 Å². The van der Waals surface area contributed by atoms with Crippen molar-refractivity contribution in [2.75, 3.05) is 16.8 Å². The lowest BCUT2D eigenvalue weighted by Gasteiger charge is -2.18. The summed E-state index contributed by atoms with van der Waals surface area (Å²) in [5.41, 5.74) is 0.468. The predicted octanol–water partition coefficient (Wildman–Crippen LogP) is 2.28. The van der Waals surface area contributed by atoms with Gasteiger partial charge in [-0.05, 0) is 25.5 Å². The van der Waals surface area contributed by atoms with Crippen LogP contribution in [0.1, 0.15) is 12.1 Å². The molecule has 1 unspecified atom stereocenters. The number of hydrogen-bond acceptors (Lipinski definition) is 4. The van der Waals surface area contributed by atoms with Crippen molar-refractivity contribution >= 4 is 17.4 Å². The quantitative estimate of drug-likeness (QED) is 0.945. The van der Waals surface area contributed by atoms with Crippen LogP contribution >= 0.6 is 0 Å². The summed E-state index contributed by atoms with van der Waals surface area (Å²) in [5, 5.41) is 2.98. The molecule has 0 aliphatic carbocycles. The summed E-state index contributed by atoms with van der Waals surface area (Å²) in [5.74, 6) is -1.35. The number of aryl methyl sites for hydroxylation is 1. The van der Waals surface area contributed by atoms with E-state index in [0.29, 0.717) is 12.2 Å². The van der Waals surface area contributed by atoms with Crippen LogP contribution in [0.5, 0.6) is 0 Å². The Morgan fingerprint density at radius 1 is 1.27 bits per heavy atom. The summed E-state index contributed by atoms with van der Waals surface area (Å²) in [7, 11) is 0. The van der Waals surface area contributed by atoms with Crippen molar-refractivity contribution in [3.63, 3.8) is 0 Å². The fourth-order valence-electron chi connectivity index (χ4n) is 2.49. The highest BCUT2D eigenvalue weighted by molar-refractivity contribution is 6.01. The molecule has 1 fully saturated rings. The van der Waals surface area contributed by atoms with E-state index >= 15 is 0 Å². The van der Waals surface area contributed by atoms with Gasteiger partial charge in [0.25, 0.3) is 0 Å². The molecule has 1 amide bonds. The molecule has 1 atom stereocenters. The van der Waals surface area contributed by atoms with E-state index in [-0.39, 0.29) is 18.1 Å². The minimum Gasteiger partial charge on any atom is -0.358 e. The Kier molecular flexibility index (Phi) is 3.70. The summed E-state index contributed by atoms with van der Waals surface area (Å²) >= 11 is 0. The molecule has 1 aromatic carbocycles. The minimum atomic E-state index is -0.744. The van der Waals surface area contributed by atoms with Gasteiger partial charge in [-0.1, -0.05) is 6.07 Å². The molecule has 5 nitrogen and oxygen atoms in total. The summed E-state index contributed by atoms with van der Waals surface area (Å²) in [4.78, 5) is 21.5. The van der Waals surface area contributed by atoms with Crippen LogP contribution in [0.15, 0.2) is 30.6 Å². The van der Waals surface area contributed by atoms with Crippen LogP contribution in [-0.4, -0.2) is 28.5 Å². The molecule has 0 bridgehead atoms. The molecule has 0 spiro atoms. The van der Waals surface area contributed by atoms with E-state index in [9.17, 15) is 13.6 Å². The van der Waals surface area contributed by atoms with Crippen molar-refractivity contribution in [1.82, 2.24) is 9.97 Å². The van der Waals surface area contributed by atoms with Gasteiger partial charge in [-0.15, -0.1) is 0 Å². The average Bonchev–Trinajstić information content (AvgIpc) is 2.81. The molecule has 0 radical (unpaired) electrons. The second-order valence-corrected chi connectivity index (χ2v) is 5.09. The molecule has 3 rings (SSSR count). The van der Waals surface area contributed by atoms with Gasteiger partial charge in [0.1, 0.15) is 35.5 Å². The zero-order chi connectivity index (χ0) is 15.7. The van der Waals surface area contributed by atoms with Gasteiger partial charge in [0.2, 0.25) is 5.91 Å². The van der Waals surface area contributed by atoms with Crippen LogP contribution in [0.2, 0.25) is 0 Å². The first kappa shape index (κ1) is 14.4. The SMILES string of the molecule is Cc1cc(NC2CCN(c3c(F)cccc3F)C2=O)ncn1. The Labute approximate surface area is 126 Å². The Morgan fingerprint density at radius 3 is 2.68 bits per heavy atom. The van der Waals surface area contributed by atoms with Crippen molar-refractivity contribution in [2.24, 2.45) is 0 Å². The summed E-state index contributed by atoms with van der Waals surface area (Å²) in [6.45, 7) is 2.06. The normalized spacial score (nSPS) is 17.9. The molecular formula is C15H14F2N4O. The highest BCUT2D eigenvalue weighted by atomic mass is 19.1. The number of benzene rings is 1. The molecule has 0 saturated carbocycles. The van der Waals surface area contributed by atoms with Crippen molar-refractivity contribution in [3.8, 4) is 0 Å². The van der Waals surface area contributed by atoms with Crippen LogP contribution in [0, 0.1) is 18.6 Å². The maximum absolute atomic E-state index is 13.8. The zero-order valence-electron chi connectivity index (χ0n) is 11.9. The van der Waals surface area contributed by atoms with Crippen LogP contribution in [0.25, 0.3) is 0 Å². The maximum Gasteiger partial charge on any atom is 0.249 e. The number of rotatable bonds is 3. The van der Waals surface area contributed by atoms with Crippen molar-refractivity contribution in [2.45, 2.75) is 19.4 Å². The van der Waals surface area contributed by atoms with Crippen molar-refractivity contribution in [3.05, 3.63) is 47.9 Å². The van der Waals surface area contributed by atoms with Gasteiger partial charge in [-0.2, -0.15) is 0 Å². The van der Waals surface area contributed by atoms with E-state index in [1.807, 2.05) is 6.92 Å². The second kappa shape index (κ2) is 5.67. The Bertz CT molecular complexity index is 702. The predicted molar refractivity (Wildman–Crippen MR) is 77.5 cm³/mol. The lowest BCUT2D eigenvalue weighted by atomic mass is 10.2. The molecule has 2 heterocycles. The highest BCUT2D eigenvalue weighted by Gasteiger charge is 2.35. The van der Waals surface area contributed by atoms with Gasteiger partial charge < -0.3 is 10.2 Å². The Hall–Kier alpha value is -2.57. The first-order chi connectivity index (χ1) is 10.6. The molecule has 1 saturated heterocycles. The summed E-state index contributed by atoms with van der Waals surface area (Å²) in [6, 6.07) is 4.70. The third-order valence-electron chi connectivity index (χ3n) is 3.54. The van der Waals surface area contributed by atoms with Crippen LogP contribution in [0.4, 0.5) is 20.3 Å². The van der Waals surface area contributed by atoms with Gasteiger partial charge in [0.05, 0.1) is 0 Å². The van der Waals surface area contributed by atoms with Gasteiger partial charge in [0.15, 0.2) is 0 Å². The van der Waals surface area contributed by atoms with Crippen LogP contribution < -0.4 is 10.2 Å². The molecule has 7 heteroatoms. The first-order valence-corrected chi connectivity index (χ1v) is 6.87. The molecule has 1 aromatic heterocycles. The number of amides is 1. The number of carbonyl (C=O) groups excluding carboxylic acids is 1. The summed E-state index contributed by atoms with van der Waals surface area (Å²) < 4.78 is 27.6. The molecule has 22 heavy (non-hydrogen) atoms. The Morgan fingerprint density at radius 2 is 2.00 bits per heavy atom. The van der Waals surface area contributed by atoms with Crippen LogP contribution in [0.3, 0.4) is 0 Å². The van der Waals surface area contributed by atoms with Crippen molar-refractivity contribution < 1.29 is 13.6 Å². The lowest BCUT2D eigenvalue weighted by Crippen LogP contribution is -2.34. The molecule has 1 aliphatic rings. The fourth-order valence-corrected chi connectivity index (χ4v) is 2.49. The average molecular weight is 304 g/mol. The summed E-state index contributed by atoms with van der Waals surface area (Å²) in [6.07, 6.45) is 1.83. The number of carbonyl (C=O) groups is 1. The monoisotopic (exact) mass is 304 g/mol. The van der Waals surface area contributed by atoms with Gasteiger partial charge in [0, 0.05) is 18.3 Å². The fraction of sp³-hybridized carbons (Fsp3) is 0.267. The van der Waals surface area contributed by atoms with Crippen LogP contribution in [-0.2, 0) is 4.79 Å². The Balaban J connectivity index is 1.81. The molecular weight excluding hydrogens is 290 g/mol. The number of nitrogens with one attached hydrogen (secondary N) is 1. The molecule has 1 aliphatic heterocycles. The van der Waals surface area contributed by atoms with Gasteiger partial charge in [-0.25, -0.2) is 18.7 Å². The smallest absolute Gasteiger partial charge is 0.249 e. The second-order valence-electron chi connectivity index (χ2n) is 5.09. The maximum atomic E-state index is 13.8. The molecule has 114 valence electrons. The largest absolute Gasteiger partial charge is 0.358 e. The van der Waals surface area contributed by atoms with E-state index in [1.165, 1.54) is 12.4 Å². The number of aromatic nitrogens is 2. The van der Waals surface area contributed by atoms with E-state index in [0.717, 1.165) is 22.7 Å². The van der Waals surface area contributed by atoms with E-state index in [1.54, 1.807) is 6.07 Å². The van der Waals surface area contributed by atoms with E-state index in [4.69, 9.17) is 0 Å². The van der Waals surface area contributed by atoms with Gasteiger partial charge >= 0.3 is 0 Å². The zero-order valence-corrected chi connectivity index (χ0v) is 11.9. The molecule has 1 N–H and O–H groups in total. The lowest BCUT2D eigenvalue weighted by molar-refractivity contribution is -0.117. The van der Waals surface area contributed by atoms with E-state index < -0.39 is 17.7 Å². The topological polar surface area (TPSA) is 58.1 Å². The highest BCUT2D eigenvalue weighted by Crippen LogP contribution is 2.28. The number of hydrogen-bond donors (Lipinski definition) is 1. The minimum absolute atomic E-state index is 0.248.